The molecular weight excluding hydrogens is 226 g/mol. The van der Waals surface area contributed by atoms with Crippen molar-refractivity contribution in [1.82, 2.24) is 5.32 Å². The van der Waals surface area contributed by atoms with E-state index >= 15 is 0 Å². The van der Waals surface area contributed by atoms with Gasteiger partial charge >= 0.3 is 0 Å². The Kier molecular flexibility index (Phi) is 3.38. The summed E-state index contributed by atoms with van der Waals surface area (Å²) >= 11 is 0. The summed E-state index contributed by atoms with van der Waals surface area (Å²) in [5.74, 6) is -1.90. The summed E-state index contributed by atoms with van der Waals surface area (Å²) in [7, 11) is 0. The fraction of sp³-hybridized carbons (Fsp3) is 0.417. The molecule has 0 spiro atoms. The molecule has 0 radical (unpaired) electrons. The van der Waals surface area contributed by atoms with Crippen LogP contribution in [0.2, 0.25) is 0 Å². The van der Waals surface area contributed by atoms with Crippen molar-refractivity contribution in [2.24, 2.45) is 0 Å². The maximum absolute atomic E-state index is 13.6. The van der Waals surface area contributed by atoms with Gasteiger partial charge in [0.25, 0.3) is 0 Å². The number of hydrogen-bond donors (Lipinski definition) is 2. The summed E-state index contributed by atoms with van der Waals surface area (Å²) in [5.41, 5.74) is -0.0653. The highest BCUT2D eigenvalue weighted by Crippen LogP contribution is 2.22. The molecule has 0 heterocycles. The first-order chi connectivity index (χ1) is 8.08. The molecule has 2 rings (SSSR count). The maximum Gasteiger partial charge on any atom is 0.238 e. The molecule has 0 saturated heterocycles. The lowest BCUT2D eigenvalue weighted by Gasteiger charge is -2.09. The third kappa shape index (κ3) is 3.00. The van der Waals surface area contributed by atoms with Crippen LogP contribution in [0.3, 0.4) is 0 Å². The number of carbonyl (C=O) groups excluding carboxylic acids is 1. The molecule has 1 saturated carbocycles. The van der Waals surface area contributed by atoms with Crippen molar-refractivity contribution >= 4 is 11.6 Å². The summed E-state index contributed by atoms with van der Waals surface area (Å²) in [6, 6.07) is 2.86. The number of benzene rings is 1. The minimum absolute atomic E-state index is 0.0808. The van der Waals surface area contributed by atoms with Gasteiger partial charge in [-0.1, -0.05) is 6.07 Å². The van der Waals surface area contributed by atoms with Crippen LogP contribution < -0.4 is 10.6 Å². The van der Waals surface area contributed by atoms with Crippen molar-refractivity contribution in [1.29, 1.82) is 0 Å². The molecule has 5 heteroatoms. The first kappa shape index (κ1) is 12.0. The van der Waals surface area contributed by atoms with Crippen molar-refractivity contribution in [2.75, 3.05) is 11.9 Å². The number of hydrogen-bond acceptors (Lipinski definition) is 2. The number of amides is 1. The molecule has 0 bridgehead atoms. The van der Waals surface area contributed by atoms with Gasteiger partial charge in [-0.2, -0.15) is 0 Å². The van der Waals surface area contributed by atoms with Crippen LogP contribution in [-0.4, -0.2) is 18.5 Å². The molecule has 1 aromatic rings. The van der Waals surface area contributed by atoms with Gasteiger partial charge in [0.05, 0.1) is 6.54 Å². The molecule has 92 valence electrons. The number of rotatable bonds is 4. The van der Waals surface area contributed by atoms with E-state index in [1.165, 1.54) is 13.0 Å². The Bertz CT molecular complexity index is 444. The number of anilines is 1. The predicted molar refractivity (Wildman–Crippen MR) is 60.7 cm³/mol. The molecule has 1 fully saturated rings. The highest BCUT2D eigenvalue weighted by Gasteiger charge is 2.22. The molecule has 0 atom stereocenters. The average molecular weight is 240 g/mol. The van der Waals surface area contributed by atoms with Crippen molar-refractivity contribution in [3.8, 4) is 0 Å². The second-order valence-corrected chi connectivity index (χ2v) is 4.26. The Hall–Kier alpha value is -1.49. The van der Waals surface area contributed by atoms with Crippen molar-refractivity contribution in [2.45, 2.75) is 25.8 Å². The van der Waals surface area contributed by atoms with Crippen LogP contribution >= 0.6 is 0 Å². The minimum Gasteiger partial charge on any atom is -0.320 e. The summed E-state index contributed by atoms with van der Waals surface area (Å²) < 4.78 is 26.9. The van der Waals surface area contributed by atoms with Crippen molar-refractivity contribution in [3.05, 3.63) is 29.3 Å². The highest BCUT2D eigenvalue weighted by molar-refractivity contribution is 5.92. The first-order valence-corrected chi connectivity index (χ1v) is 5.56. The Morgan fingerprint density at radius 2 is 2.12 bits per heavy atom. The Labute approximate surface area is 98.2 Å². The maximum atomic E-state index is 13.6. The quantitative estimate of drug-likeness (QED) is 0.844. The highest BCUT2D eigenvalue weighted by atomic mass is 19.1. The molecule has 17 heavy (non-hydrogen) atoms. The van der Waals surface area contributed by atoms with E-state index in [0.29, 0.717) is 11.6 Å². The van der Waals surface area contributed by atoms with E-state index < -0.39 is 17.5 Å². The summed E-state index contributed by atoms with van der Waals surface area (Å²) in [4.78, 5) is 11.5. The van der Waals surface area contributed by atoms with Gasteiger partial charge in [0, 0.05) is 6.04 Å². The topological polar surface area (TPSA) is 41.1 Å². The molecule has 1 aliphatic carbocycles. The zero-order valence-corrected chi connectivity index (χ0v) is 9.52. The van der Waals surface area contributed by atoms with Crippen LogP contribution in [0.15, 0.2) is 12.1 Å². The van der Waals surface area contributed by atoms with E-state index in [-0.39, 0.29) is 12.2 Å². The third-order valence-electron chi connectivity index (χ3n) is 2.68. The lowest BCUT2D eigenvalue weighted by Crippen LogP contribution is -2.30. The normalized spacial score (nSPS) is 14.8. The van der Waals surface area contributed by atoms with Gasteiger partial charge in [-0.3, -0.25) is 4.79 Å². The molecule has 0 aromatic heterocycles. The number of halogens is 2. The first-order valence-electron chi connectivity index (χ1n) is 5.56. The molecule has 1 aliphatic rings. The van der Waals surface area contributed by atoms with Gasteiger partial charge in [0.1, 0.15) is 11.5 Å². The number of aryl methyl sites for hydroxylation is 1. The van der Waals surface area contributed by atoms with Crippen LogP contribution in [0.5, 0.6) is 0 Å². The smallest absolute Gasteiger partial charge is 0.238 e. The molecular formula is C12H14F2N2O. The van der Waals surface area contributed by atoms with Gasteiger partial charge in [0.15, 0.2) is 5.82 Å². The van der Waals surface area contributed by atoms with E-state index in [0.717, 1.165) is 18.9 Å². The van der Waals surface area contributed by atoms with Crippen LogP contribution in [0.4, 0.5) is 14.5 Å². The SMILES string of the molecule is Cc1ccc(F)c(NC(=O)CNC2CC2)c1F. The van der Waals surface area contributed by atoms with E-state index in [1.807, 2.05) is 0 Å². The lowest BCUT2D eigenvalue weighted by atomic mass is 10.2. The van der Waals surface area contributed by atoms with E-state index in [2.05, 4.69) is 10.6 Å². The Morgan fingerprint density at radius 3 is 2.76 bits per heavy atom. The molecule has 1 aromatic carbocycles. The monoisotopic (exact) mass is 240 g/mol. The Balaban J connectivity index is 2.01. The zero-order chi connectivity index (χ0) is 12.4. The average Bonchev–Trinajstić information content (AvgIpc) is 3.11. The van der Waals surface area contributed by atoms with Crippen LogP contribution in [0, 0.1) is 18.6 Å². The molecule has 0 aliphatic heterocycles. The fourth-order valence-electron chi connectivity index (χ4n) is 1.48. The fourth-order valence-corrected chi connectivity index (χ4v) is 1.48. The molecule has 3 nitrogen and oxygen atoms in total. The third-order valence-corrected chi connectivity index (χ3v) is 2.68. The van der Waals surface area contributed by atoms with Crippen LogP contribution in [0.25, 0.3) is 0 Å². The van der Waals surface area contributed by atoms with Gasteiger partial charge < -0.3 is 10.6 Å². The predicted octanol–water partition coefficient (Wildman–Crippen LogP) is 1.96. The van der Waals surface area contributed by atoms with Gasteiger partial charge in [-0.15, -0.1) is 0 Å². The molecule has 0 unspecified atom stereocenters. The summed E-state index contributed by atoms with van der Waals surface area (Å²) in [5, 5.41) is 5.22. The van der Waals surface area contributed by atoms with E-state index in [1.54, 1.807) is 0 Å². The van der Waals surface area contributed by atoms with E-state index in [4.69, 9.17) is 0 Å². The lowest BCUT2D eigenvalue weighted by molar-refractivity contribution is -0.115. The van der Waals surface area contributed by atoms with Crippen LogP contribution in [0.1, 0.15) is 18.4 Å². The molecule has 1 amide bonds. The largest absolute Gasteiger partial charge is 0.320 e. The van der Waals surface area contributed by atoms with Crippen molar-refractivity contribution < 1.29 is 13.6 Å². The zero-order valence-electron chi connectivity index (χ0n) is 9.52. The van der Waals surface area contributed by atoms with E-state index in [9.17, 15) is 13.6 Å². The number of carbonyl (C=O) groups is 1. The van der Waals surface area contributed by atoms with Gasteiger partial charge in [-0.25, -0.2) is 8.78 Å². The Morgan fingerprint density at radius 1 is 1.41 bits per heavy atom. The summed E-state index contributed by atoms with van der Waals surface area (Å²) in [6.07, 6.45) is 2.11. The molecule has 2 N–H and O–H groups in total. The van der Waals surface area contributed by atoms with Gasteiger partial charge in [0.2, 0.25) is 5.91 Å². The second-order valence-electron chi connectivity index (χ2n) is 4.26. The van der Waals surface area contributed by atoms with Crippen LogP contribution in [-0.2, 0) is 4.79 Å². The second kappa shape index (κ2) is 4.79. The van der Waals surface area contributed by atoms with Crippen molar-refractivity contribution in [3.63, 3.8) is 0 Å². The standard InChI is InChI=1S/C12H14F2N2O/c1-7-2-5-9(13)12(11(7)14)16-10(17)6-15-8-3-4-8/h2,5,8,15H,3-4,6H2,1H3,(H,16,17). The number of nitrogens with one attached hydrogen (secondary N) is 2. The minimum atomic E-state index is -0.757. The summed E-state index contributed by atoms with van der Waals surface area (Å²) in [6.45, 7) is 1.60. The van der Waals surface area contributed by atoms with Gasteiger partial charge in [-0.05, 0) is 31.4 Å².